The molecule has 0 aliphatic rings. The quantitative estimate of drug-likeness (QED) is 0.724. The zero-order valence-electron chi connectivity index (χ0n) is 12.1. The van der Waals surface area contributed by atoms with Gasteiger partial charge in [0.05, 0.1) is 6.04 Å². The number of aliphatic carboxylic acids is 1. The Hall–Kier alpha value is -1.56. The van der Waals surface area contributed by atoms with E-state index in [1.165, 1.54) is 0 Å². The monoisotopic (exact) mass is 298 g/mol. The molecule has 1 unspecified atom stereocenters. The van der Waals surface area contributed by atoms with E-state index >= 15 is 0 Å². The van der Waals surface area contributed by atoms with Gasteiger partial charge in [-0.3, -0.25) is 0 Å². The summed E-state index contributed by atoms with van der Waals surface area (Å²) in [5, 5.41) is 16.4. The van der Waals surface area contributed by atoms with Crippen molar-refractivity contribution in [3.8, 4) is 0 Å². The van der Waals surface area contributed by atoms with Gasteiger partial charge in [-0.25, -0.2) is 9.59 Å². The van der Waals surface area contributed by atoms with E-state index in [1.807, 2.05) is 24.4 Å². The van der Waals surface area contributed by atoms with Crippen molar-refractivity contribution in [1.29, 1.82) is 0 Å². The molecule has 0 aliphatic carbocycles. The average molecular weight is 298 g/mol. The summed E-state index contributed by atoms with van der Waals surface area (Å²) in [4.78, 5) is 24.1. The van der Waals surface area contributed by atoms with Crippen LogP contribution in [0.1, 0.15) is 44.5 Å². The van der Waals surface area contributed by atoms with E-state index in [0.717, 1.165) is 17.7 Å². The smallest absolute Gasteiger partial charge is 0.326 e. The van der Waals surface area contributed by atoms with Gasteiger partial charge >= 0.3 is 12.0 Å². The SMILES string of the molecule is CCCC(NC(=O)N[C@H](C(=O)O)C(C)C)c1cccs1. The Balaban J connectivity index is 2.64. The normalized spacial score (nSPS) is 13.8. The number of nitrogens with one attached hydrogen (secondary N) is 2. The summed E-state index contributed by atoms with van der Waals surface area (Å²) in [6, 6.07) is 2.54. The number of carboxylic acid groups (broad SMARTS) is 1. The lowest BCUT2D eigenvalue weighted by Crippen LogP contribution is -2.49. The molecule has 1 heterocycles. The number of amides is 2. The van der Waals surface area contributed by atoms with Crippen LogP contribution >= 0.6 is 11.3 Å². The van der Waals surface area contributed by atoms with Crippen LogP contribution in [0.2, 0.25) is 0 Å². The van der Waals surface area contributed by atoms with Gasteiger partial charge in [0.15, 0.2) is 0 Å². The van der Waals surface area contributed by atoms with Crippen molar-refractivity contribution in [3.63, 3.8) is 0 Å². The van der Waals surface area contributed by atoms with Gasteiger partial charge in [0, 0.05) is 4.88 Å². The summed E-state index contributed by atoms with van der Waals surface area (Å²) in [7, 11) is 0. The molecule has 5 nitrogen and oxygen atoms in total. The van der Waals surface area contributed by atoms with Crippen molar-refractivity contribution >= 4 is 23.3 Å². The van der Waals surface area contributed by atoms with Crippen molar-refractivity contribution < 1.29 is 14.7 Å². The van der Waals surface area contributed by atoms with Crippen LogP contribution in [0.15, 0.2) is 17.5 Å². The van der Waals surface area contributed by atoms with E-state index in [2.05, 4.69) is 10.6 Å². The molecule has 0 radical (unpaired) electrons. The van der Waals surface area contributed by atoms with Crippen LogP contribution in [-0.4, -0.2) is 23.1 Å². The predicted molar refractivity (Wildman–Crippen MR) is 79.9 cm³/mol. The molecule has 0 fully saturated rings. The molecule has 1 aromatic rings. The molecule has 1 aromatic heterocycles. The first kappa shape index (κ1) is 16.5. The minimum absolute atomic E-state index is 0.0680. The molecule has 20 heavy (non-hydrogen) atoms. The third-order valence-corrected chi connectivity index (χ3v) is 3.97. The van der Waals surface area contributed by atoms with Gasteiger partial charge in [-0.2, -0.15) is 0 Å². The highest BCUT2D eigenvalue weighted by Gasteiger charge is 2.24. The standard InChI is InChI=1S/C14H22N2O3S/c1-4-6-10(11-7-5-8-20-11)15-14(19)16-12(9(2)3)13(17)18/h5,7-10,12H,4,6H2,1-3H3,(H,17,18)(H2,15,16,19)/t10?,12-/m0/s1. The molecular formula is C14H22N2O3S. The molecule has 0 spiro atoms. The van der Waals surface area contributed by atoms with Crippen molar-refractivity contribution in [2.24, 2.45) is 5.92 Å². The lowest BCUT2D eigenvalue weighted by molar-refractivity contribution is -0.140. The molecule has 6 heteroatoms. The molecular weight excluding hydrogens is 276 g/mol. The summed E-state index contributed by atoms with van der Waals surface area (Å²) in [5.74, 6) is -1.18. The lowest BCUT2D eigenvalue weighted by Gasteiger charge is -2.21. The number of carboxylic acids is 1. The molecule has 2 atom stereocenters. The fourth-order valence-corrected chi connectivity index (χ4v) is 2.73. The third-order valence-electron chi connectivity index (χ3n) is 2.99. The van der Waals surface area contributed by atoms with Gasteiger partial charge < -0.3 is 15.7 Å². The van der Waals surface area contributed by atoms with Gasteiger partial charge in [0.2, 0.25) is 0 Å². The Morgan fingerprint density at radius 3 is 2.50 bits per heavy atom. The molecule has 1 rings (SSSR count). The Kier molecular flexibility index (Phi) is 6.51. The van der Waals surface area contributed by atoms with Crippen molar-refractivity contribution in [2.75, 3.05) is 0 Å². The maximum Gasteiger partial charge on any atom is 0.326 e. The maximum absolute atomic E-state index is 12.0. The van der Waals surface area contributed by atoms with Gasteiger partial charge in [0.25, 0.3) is 0 Å². The van der Waals surface area contributed by atoms with Crippen LogP contribution in [0.4, 0.5) is 4.79 Å². The first-order valence-corrected chi connectivity index (χ1v) is 7.66. The third kappa shape index (κ3) is 4.85. The largest absolute Gasteiger partial charge is 0.480 e. The van der Waals surface area contributed by atoms with Crippen molar-refractivity contribution in [2.45, 2.75) is 45.7 Å². The summed E-state index contributed by atoms with van der Waals surface area (Å²) in [6.07, 6.45) is 1.77. The fraction of sp³-hybridized carbons (Fsp3) is 0.571. The Morgan fingerprint density at radius 1 is 1.35 bits per heavy atom. The predicted octanol–water partition coefficient (Wildman–Crippen LogP) is 3.00. The Morgan fingerprint density at radius 2 is 2.05 bits per heavy atom. The van der Waals surface area contributed by atoms with Gasteiger partial charge in [-0.05, 0) is 23.8 Å². The molecule has 0 saturated carbocycles. The summed E-state index contributed by atoms with van der Waals surface area (Å²) in [5.41, 5.74) is 0. The minimum atomic E-state index is -1.02. The molecule has 0 bridgehead atoms. The van der Waals surface area contributed by atoms with Gasteiger partial charge in [0.1, 0.15) is 6.04 Å². The summed E-state index contributed by atoms with van der Waals surface area (Å²) in [6.45, 7) is 5.58. The van der Waals surface area contributed by atoms with E-state index in [-0.39, 0.29) is 12.0 Å². The van der Waals surface area contributed by atoms with Crippen LogP contribution in [0.25, 0.3) is 0 Å². The van der Waals surface area contributed by atoms with E-state index < -0.39 is 18.0 Å². The van der Waals surface area contributed by atoms with E-state index in [1.54, 1.807) is 25.2 Å². The van der Waals surface area contributed by atoms with Crippen LogP contribution in [0.3, 0.4) is 0 Å². The highest BCUT2D eigenvalue weighted by Crippen LogP contribution is 2.23. The number of rotatable bonds is 7. The highest BCUT2D eigenvalue weighted by molar-refractivity contribution is 7.10. The first-order valence-electron chi connectivity index (χ1n) is 6.79. The molecule has 2 amide bonds. The van der Waals surface area contributed by atoms with E-state index in [9.17, 15) is 9.59 Å². The second-order valence-electron chi connectivity index (χ2n) is 5.03. The molecule has 0 aliphatic heterocycles. The number of thiophene rings is 1. The highest BCUT2D eigenvalue weighted by atomic mass is 32.1. The van der Waals surface area contributed by atoms with Gasteiger partial charge in [-0.1, -0.05) is 33.3 Å². The summed E-state index contributed by atoms with van der Waals surface area (Å²) >= 11 is 1.59. The van der Waals surface area contributed by atoms with Crippen molar-refractivity contribution in [1.82, 2.24) is 10.6 Å². The molecule has 112 valence electrons. The second-order valence-corrected chi connectivity index (χ2v) is 6.01. The zero-order valence-corrected chi connectivity index (χ0v) is 12.9. The number of urea groups is 1. The number of hydrogen-bond acceptors (Lipinski definition) is 3. The summed E-state index contributed by atoms with van der Waals surface area (Å²) < 4.78 is 0. The fourth-order valence-electron chi connectivity index (χ4n) is 1.92. The maximum atomic E-state index is 12.0. The first-order chi connectivity index (χ1) is 9.45. The molecule has 3 N–H and O–H groups in total. The average Bonchev–Trinajstić information content (AvgIpc) is 2.88. The van der Waals surface area contributed by atoms with E-state index in [0.29, 0.717) is 0 Å². The Bertz CT molecular complexity index is 432. The minimum Gasteiger partial charge on any atom is -0.480 e. The number of hydrogen-bond donors (Lipinski definition) is 3. The van der Waals surface area contributed by atoms with Gasteiger partial charge in [-0.15, -0.1) is 11.3 Å². The van der Waals surface area contributed by atoms with Crippen molar-refractivity contribution in [3.05, 3.63) is 22.4 Å². The van der Waals surface area contributed by atoms with Crippen LogP contribution in [0.5, 0.6) is 0 Å². The molecule has 0 aromatic carbocycles. The lowest BCUT2D eigenvalue weighted by atomic mass is 10.1. The zero-order chi connectivity index (χ0) is 15.1. The van der Waals surface area contributed by atoms with E-state index in [4.69, 9.17) is 5.11 Å². The number of carbonyl (C=O) groups excluding carboxylic acids is 1. The number of carbonyl (C=O) groups is 2. The van der Waals surface area contributed by atoms with Crippen LogP contribution < -0.4 is 10.6 Å². The van der Waals surface area contributed by atoms with Crippen LogP contribution in [0, 0.1) is 5.92 Å². The Labute approximate surface area is 123 Å². The molecule has 0 saturated heterocycles. The second kappa shape index (κ2) is 7.89. The van der Waals surface area contributed by atoms with Crippen LogP contribution in [-0.2, 0) is 4.79 Å². The topological polar surface area (TPSA) is 78.4 Å².